The summed E-state index contributed by atoms with van der Waals surface area (Å²) in [6.07, 6.45) is 3.64. The number of benzene rings is 1. The van der Waals surface area contributed by atoms with Crippen molar-refractivity contribution in [3.05, 3.63) is 28.8 Å². The zero-order valence-electron chi connectivity index (χ0n) is 18.1. The molecular weight excluding hydrogens is 416 g/mol. The molecule has 8 nitrogen and oxygen atoms in total. The van der Waals surface area contributed by atoms with Crippen molar-refractivity contribution in [1.82, 2.24) is 14.7 Å². The Morgan fingerprint density at radius 2 is 1.90 bits per heavy atom. The number of aliphatic imine (C=N–C) groups is 1. The lowest BCUT2D eigenvalue weighted by Gasteiger charge is -2.35. The number of piperidine rings is 1. The smallest absolute Gasteiger partial charge is 0.302 e. The van der Waals surface area contributed by atoms with Gasteiger partial charge in [-0.3, -0.25) is 14.6 Å². The zero-order chi connectivity index (χ0) is 21.7. The summed E-state index contributed by atoms with van der Waals surface area (Å²) >= 11 is 6.34. The Hall–Kier alpha value is -2.45. The van der Waals surface area contributed by atoms with Crippen LogP contribution in [0.15, 0.2) is 23.2 Å². The first-order valence-electron chi connectivity index (χ1n) is 11.0. The second kappa shape index (κ2) is 7.91. The molecular formula is C22H28ClN6O2+. The van der Waals surface area contributed by atoms with Gasteiger partial charge in [-0.05, 0) is 50.6 Å². The number of aryl methyl sites for hydroxylation is 1. The summed E-state index contributed by atoms with van der Waals surface area (Å²) in [6, 6.07) is 5.10. The van der Waals surface area contributed by atoms with E-state index >= 15 is 0 Å². The quantitative estimate of drug-likeness (QED) is 0.668. The molecule has 0 spiro atoms. The summed E-state index contributed by atoms with van der Waals surface area (Å²) in [5, 5.41) is 0.701. The van der Waals surface area contributed by atoms with Gasteiger partial charge in [-0.15, -0.1) is 0 Å². The van der Waals surface area contributed by atoms with E-state index in [2.05, 4.69) is 9.80 Å². The Bertz CT molecular complexity index is 1000. The number of hydrogen-bond acceptors (Lipinski definition) is 5. The van der Waals surface area contributed by atoms with Crippen LogP contribution >= 0.6 is 11.6 Å². The molecule has 164 valence electrons. The van der Waals surface area contributed by atoms with Crippen molar-refractivity contribution in [2.45, 2.75) is 32.2 Å². The molecule has 0 aromatic heterocycles. The number of hydrogen-bond donors (Lipinski definition) is 0. The van der Waals surface area contributed by atoms with E-state index in [1.165, 1.54) is 29.1 Å². The number of carbonyl (C=O) groups excluding carboxylic acids is 2. The first-order chi connectivity index (χ1) is 15.0. The summed E-state index contributed by atoms with van der Waals surface area (Å²) in [5.41, 5.74) is 1.96. The van der Waals surface area contributed by atoms with Crippen LogP contribution in [0.2, 0.25) is 5.02 Å². The van der Waals surface area contributed by atoms with Crippen LogP contribution in [0.3, 0.4) is 0 Å². The number of halogens is 1. The average molecular weight is 444 g/mol. The molecule has 0 saturated carbocycles. The van der Waals surface area contributed by atoms with Crippen molar-refractivity contribution in [1.29, 1.82) is 0 Å². The van der Waals surface area contributed by atoms with E-state index in [4.69, 9.17) is 16.6 Å². The fraction of sp³-hybridized carbons (Fsp3) is 0.545. The minimum absolute atomic E-state index is 0.169. The lowest BCUT2D eigenvalue weighted by atomic mass is 10.1. The van der Waals surface area contributed by atoms with Crippen LogP contribution in [0.4, 0.5) is 10.5 Å². The monoisotopic (exact) mass is 443 g/mol. The highest BCUT2D eigenvalue weighted by atomic mass is 35.5. The molecule has 0 aliphatic carbocycles. The maximum atomic E-state index is 13.4. The lowest BCUT2D eigenvalue weighted by Crippen LogP contribution is -2.63. The molecule has 1 atom stereocenters. The number of urea groups is 1. The van der Waals surface area contributed by atoms with Gasteiger partial charge in [0.05, 0.1) is 6.54 Å². The predicted octanol–water partition coefficient (Wildman–Crippen LogP) is 2.00. The number of fused-ring (bicyclic) bond motifs is 2. The van der Waals surface area contributed by atoms with Crippen molar-refractivity contribution in [3.63, 3.8) is 0 Å². The van der Waals surface area contributed by atoms with Gasteiger partial charge in [0.15, 0.2) is 0 Å². The number of likely N-dealkylation sites (N-methyl/N-ethyl adjacent to an activating group) is 1. The Kier molecular flexibility index (Phi) is 5.22. The standard InChI is InChI=1S/C22H28ClN6O2/c1-15-6-7-16(14-17(15)23)27-12-13-28-18-19(24-21(27)28)25(2)22(31)29(20(18)30)11-10-26-8-4-3-5-9-26/h6-7,14,18H,3-5,8-13H2,1-2H3/q+1. The fourth-order valence-electron chi connectivity index (χ4n) is 4.88. The van der Waals surface area contributed by atoms with E-state index in [0.717, 1.165) is 37.4 Å². The molecule has 0 bridgehead atoms. The van der Waals surface area contributed by atoms with Crippen LogP contribution in [0.1, 0.15) is 24.8 Å². The van der Waals surface area contributed by atoms with Gasteiger partial charge < -0.3 is 4.90 Å². The number of anilines is 1. The third kappa shape index (κ3) is 3.42. The van der Waals surface area contributed by atoms with Crippen LogP contribution in [0.25, 0.3) is 0 Å². The first-order valence-corrected chi connectivity index (χ1v) is 11.4. The predicted molar refractivity (Wildman–Crippen MR) is 120 cm³/mol. The van der Waals surface area contributed by atoms with Gasteiger partial charge in [0.1, 0.15) is 12.2 Å². The highest BCUT2D eigenvalue weighted by Gasteiger charge is 2.55. The molecule has 1 unspecified atom stereocenters. The molecule has 1 aromatic rings. The molecule has 3 amide bonds. The van der Waals surface area contributed by atoms with Crippen molar-refractivity contribution in [2.24, 2.45) is 4.99 Å². The summed E-state index contributed by atoms with van der Waals surface area (Å²) in [7, 11) is 1.71. The highest BCUT2D eigenvalue weighted by Crippen LogP contribution is 2.29. The van der Waals surface area contributed by atoms with Crippen LogP contribution < -0.4 is 4.90 Å². The number of amidine groups is 1. The number of amides is 3. The summed E-state index contributed by atoms with van der Waals surface area (Å²) < 4.78 is 2.02. The van der Waals surface area contributed by atoms with Crippen LogP contribution in [0, 0.1) is 6.92 Å². The maximum absolute atomic E-state index is 13.4. The number of carbonyl (C=O) groups is 2. The average Bonchev–Trinajstić information content (AvgIpc) is 3.34. The molecule has 0 N–H and O–H groups in total. The highest BCUT2D eigenvalue weighted by molar-refractivity contribution is 6.31. The van der Waals surface area contributed by atoms with Crippen molar-refractivity contribution >= 4 is 41.0 Å². The van der Waals surface area contributed by atoms with E-state index < -0.39 is 6.04 Å². The SMILES string of the molecule is Cc1ccc(N2CC[N+]3=C2N=C2C3C(=O)N(CCN3CCCCC3)C(=O)N2C)cc1Cl. The van der Waals surface area contributed by atoms with E-state index in [9.17, 15) is 9.59 Å². The summed E-state index contributed by atoms with van der Waals surface area (Å²) in [5.74, 6) is 1.06. The lowest BCUT2D eigenvalue weighted by molar-refractivity contribution is -0.525. The molecule has 2 saturated heterocycles. The fourth-order valence-corrected chi connectivity index (χ4v) is 5.06. The Balaban J connectivity index is 1.39. The molecule has 1 aromatic carbocycles. The molecule has 9 heteroatoms. The van der Waals surface area contributed by atoms with Gasteiger partial charge in [-0.1, -0.05) is 29.1 Å². The second-order valence-corrected chi connectivity index (χ2v) is 9.09. The van der Waals surface area contributed by atoms with Gasteiger partial charge in [-0.25, -0.2) is 14.3 Å². The Labute approximate surface area is 187 Å². The maximum Gasteiger partial charge on any atom is 0.397 e. The normalized spacial score (nSPS) is 24.2. The molecule has 0 radical (unpaired) electrons. The molecule has 31 heavy (non-hydrogen) atoms. The van der Waals surface area contributed by atoms with E-state index in [1.54, 1.807) is 7.05 Å². The van der Waals surface area contributed by atoms with Gasteiger partial charge in [0.2, 0.25) is 11.9 Å². The number of nitrogens with zero attached hydrogens (tertiary/aromatic N) is 6. The van der Waals surface area contributed by atoms with Crippen molar-refractivity contribution in [3.8, 4) is 0 Å². The van der Waals surface area contributed by atoms with E-state index in [0.29, 0.717) is 29.9 Å². The molecule has 5 rings (SSSR count). The Morgan fingerprint density at radius 3 is 2.65 bits per heavy atom. The largest absolute Gasteiger partial charge is 0.397 e. The van der Waals surface area contributed by atoms with E-state index in [1.807, 2.05) is 29.7 Å². The first kappa shape index (κ1) is 20.5. The van der Waals surface area contributed by atoms with Gasteiger partial charge in [0.25, 0.3) is 5.91 Å². The molecule has 4 aliphatic heterocycles. The van der Waals surface area contributed by atoms with Crippen molar-refractivity contribution in [2.75, 3.05) is 51.2 Å². The second-order valence-electron chi connectivity index (χ2n) is 8.68. The van der Waals surface area contributed by atoms with Crippen LogP contribution in [0.5, 0.6) is 0 Å². The number of guanidine groups is 1. The third-order valence-corrected chi connectivity index (χ3v) is 7.16. The van der Waals surface area contributed by atoms with Crippen LogP contribution in [-0.2, 0) is 4.79 Å². The van der Waals surface area contributed by atoms with Gasteiger partial charge in [-0.2, -0.15) is 0 Å². The van der Waals surface area contributed by atoms with Crippen LogP contribution in [-0.4, -0.2) is 95.4 Å². The number of likely N-dealkylation sites (tertiary alicyclic amines) is 1. The molecule has 4 heterocycles. The Morgan fingerprint density at radius 1 is 1.13 bits per heavy atom. The van der Waals surface area contributed by atoms with E-state index in [-0.39, 0.29) is 11.9 Å². The third-order valence-electron chi connectivity index (χ3n) is 6.75. The topological polar surface area (TPSA) is 62.5 Å². The van der Waals surface area contributed by atoms with Gasteiger partial charge in [0, 0.05) is 25.2 Å². The van der Waals surface area contributed by atoms with Crippen molar-refractivity contribution < 1.29 is 14.2 Å². The minimum Gasteiger partial charge on any atom is -0.302 e. The number of rotatable bonds is 4. The summed E-state index contributed by atoms with van der Waals surface area (Å²) in [6.45, 7) is 6.60. The molecule has 4 aliphatic rings. The summed E-state index contributed by atoms with van der Waals surface area (Å²) in [4.78, 5) is 38.5. The minimum atomic E-state index is -0.537. The van der Waals surface area contributed by atoms with Gasteiger partial charge >= 0.3 is 12.0 Å². The number of imide groups is 1. The zero-order valence-corrected chi connectivity index (χ0v) is 18.8. The molecule has 2 fully saturated rings.